The Kier molecular flexibility index (Phi) is 7.95. The van der Waals surface area contributed by atoms with Crippen molar-refractivity contribution in [2.75, 3.05) is 26.2 Å². The fraction of sp³-hybridized carbons (Fsp3) is 0.577. The molecular formula is C26H38N4O3. The second-order valence-electron chi connectivity index (χ2n) is 10.0. The van der Waals surface area contributed by atoms with E-state index >= 15 is 0 Å². The van der Waals surface area contributed by atoms with E-state index in [1.54, 1.807) is 16.7 Å². The molecule has 2 amide bonds. The van der Waals surface area contributed by atoms with Crippen LogP contribution in [0.25, 0.3) is 0 Å². The molecule has 180 valence electrons. The van der Waals surface area contributed by atoms with Crippen LogP contribution in [0, 0.1) is 0 Å². The number of rotatable bonds is 7. The third kappa shape index (κ3) is 6.44. The summed E-state index contributed by atoms with van der Waals surface area (Å²) < 4.78 is 5.70. The molecule has 1 unspecified atom stereocenters. The van der Waals surface area contributed by atoms with Gasteiger partial charge >= 0.3 is 0 Å². The van der Waals surface area contributed by atoms with Gasteiger partial charge in [0.2, 0.25) is 11.8 Å². The van der Waals surface area contributed by atoms with Crippen molar-refractivity contribution in [3.05, 3.63) is 53.2 Å². The van der Waals surface area contributed by atoms with Crippen molar-refractivity contribution >= 4 is 11.8 Å². The first-order valence-corrected chi connectivity index (χ1v) is 11.9. The van der Waals surface area contributed by atoms with E-state index in [2.05, 4.69) is 68.8 Å². The summed E-state index contributed by atoms with van der Waals surface area (Å²) in [6.45, 7) is 16.1. The van der Waals surface area contributed by atoms with Crippen molar-refractivity contribution in [3.8, 4) is 0 Å². The number of amides is 2. The Labute approximate surface area is 197 Å². The molecule has 33 heavy (non-hydrogen) atoms. The highest BCUT2D eigenvalue weighted by molar-refractivity contribution is 5.92. The van der Waals surface area contributed by atoms with Gasteiger partial charge in [0, 0.05) is 45.7 Å². The highest BCUT2D eigenvalue weighted by atomic mass is 16.3. The van der Waals surface area contributed by atoms with E-state index in [4.69, 9.17) is 4.42 Å². The molecule has 0 N–H and O–H groups in total. The Morgan fingerprint density at radius 1 is 1.06 bits per heavy atom. The highest BCUT2D eigenvalue weighted by Gasteiger charge is 2.26. The maximum Gasteiger partial charge on any atom is 0.275 e. The summed E-state index contributed by atoms with van der Waals surface area (Å²) in [6.07, 6.45) is 2.47. The fourth-order valence-corrected chi connectivity index (χ4v) is 4.01. The van der Waals surface area contributed by atoms with Crippen LogP contribution < -0.4 is 0 Å². The standard InChI is InChI=1S/C26H38N4O3/c1-7-19(2)30(16-21-8-10-22(11-9-21)26(4,5)6)17-24-27-23(18-33-24)25(32)29-14-12-28(13-15-29)20(3)31/h8-11,18-19H,7,12-17H2,1-6H3. The number of oxazole rings is 1. The molecule has 2 aromatic rings. The van der Waals surface area contributed by atoms with Gasteiger partial charge in [0.25, 0.3) is 5.91 Å². The molecule has 1 aromatic heterocycles. The van der Waals surface area contributed by atoms with E-state index < -0.39 is 0 Å². The van der Waals surface area contributed by atoms with Crippen LogP contribution in [0.3, 0.4) is 0 Å². The van der Waals surface area contributed by atoms with Crippen molar-refractivity contribution in [2.45, 2.75) is 72.5 Å². The second-order valence-corrected chi connectivity index (χ2v) is 10.0. The second kappa shape index (κ2) is 10.5. The summed E-state index contributed by atoms with van der Waals surface area (Å²) in [5, 5.41) is 0. The van der Waals surface area contributed by atoms with E-state index in [1.807, 2.05) is 0 Å². The first-order valence-electron chi connectivity index (χ1n) is 11.9. The van der Waals surface area contributed by atoms with Gasteiger partial charge in [-0.15, -0.1) is 0 Å². The average Bonchev–Trinajstić information content (AvgIpc) is 3.26. The zero-order valence-electron chi connectivity index (χ0n) is 20.9. The molecule has 7 nitrogen and oxygen atoms in total. The third-order valence-corrected chi connectivity index (χ3v) is 6.54. The van der Waals surface area contributed by atoms with Gasteiger partial charge < -0.3 is 14.2 Å². The van der Waals surface area contributed by atoms with Crippen molar-refractivity contribution in [2.24, 2.45) is 0 Å². The summed E-state index contributed by atoms with van der Waals surface area (Å²) >= 11 is 0. The monoisotopic (exact) mass is 454 g/mol. The molecule has 1 aliphatic rings. The van der Waals surface area contributed by atoms with Crippen LogP contribution >= 0.6 is 0 Å². The molecule has 0 spiro atoms. The van der Waals surface area contributed by atoms with Crippen molar-refractivity contribution in [1.82, 2.24) is 19.7 Å². The minimum absolute atomic E-state index is 0.0454. The Balaban J connectivity index is 1.65. The van der Waals surface area contributed by atoms with Crippen LogP contribution in [-0.2, 0) is 23.3 Å². The van der Waals surface area contributed by atoms with Crippen LogP contribution in [0.5, 0.6) is 0 Å². The first kappa shape index (κ1) is 25.0. The minimum atomic E-state index is -0.138. The van der Waals surface area contributed by atoms with E-state index in [0.29, 0.717) is 50.4 Å². The van der Waals surface area contributed by atoms with Gasteiger partial charge in [-0.1, -0.05) is 52.0 Å². The topological polar surface area (TPSA) is 69.9 Å². The van der Waals surface area contributed by atoms with Crippen LogP contribution in [0.4, 0.5) is 0 Å². The van der Waals surface area contributed by atoms with E-state index in [1.165, 1.54) is 17.4 Å². The van der Waals surface area contributed by atoms with Gasteiger partial charge in [-0.05, 0) is 29.9 Å². The lowest BCUT2D eigenvalue weighted by molar-refractivity contribution is -0.130. The molecule has 0 bridgehead atoms. The molecule has 2 heterocycles. The predicted octanol–water partition coefficient (Wildman–Crippen LogP) is 4.08. The molecule has 0 radical (unpaired) electrons. The molecule has 1 aromatic carbocycles. The largest absolute Gasteiger partial charge is 0.447 e. The summed E-state index contributed by atoms with van der Waals surface area (Å²) in [4.78, 5) is 34.7. The molecular weight excluding hydrogens is 416 g/mol. The zero-order chi connectivity index (χ0) is 24.2. The number of carbonyl (C=O) groups is 2. The van der Waals surface area contributed by atoms with Crippen molar-refractivity contribution in [3.63, 3.8) is 0 Å². The number of aromatic nitrogens is 1. The quantitative estimate of drug-likeness (QED) is 0.631. The Hall–Kier alpha value is -2.67. The lowest BCUT2D eigenvalue weighted by atomic mass is 9.87. The van der Waals surface area contributed by atoms with Gasteiger partial charge in [0.05, 0.1) is 6.54 Å². The van der Waals surface area contributed by atoms with Crippen LogP contribution in [0.2, 0.25) is 0 Å². The lowest BCUT2D eigenvalue weighted by Crippen LogP contribution is -2.50. The smallest absolute Gasteiger partial charge is 0.275 e. The van der Waals surface area contributed by atoms with E-state index in [-0.39, 0.29) is 17.2 Å². The molecule has 3 rings (SSSR count). The summed E-state index contributed by atoms with van der Waals surface area (Å²) in [5.41, 5.74) is 3.03. The van der Waals surface area contributed by atoms with Crippen molar-refractivity contribution < 1.29 is 14.0 Å². The van der Waals surface area contributed by atoms with Gasteiger partial charge in [-0.3, -0.25) is 14.5 Å². The van der Waals surface area contributed by atoms with Gasteiger partial charge in [-0.2, -0.15) is 0 Å². The van der Waals surface area contributed by atoms with E-state index in [0.717, 1.165) is 13.0 Å². The van der Waals surface area contributed by atoms with Crippen molar-refractivity contribution in [1.29, 1.82) is 0 Å². The molecule has 1 fully saturated rings. The molecule has 0 saturated carbocycles. The minimum Gasteiger partial charge on any atom is -0.447 e. The normalized spacial score (nSPS) is 15.7. The first-order chi connectivity index (χ1) is 15.6. The fourth-order valence-electron chi connectivity index (χ4n) is 4.01. The number of carbonyl (C=O) groups excluding carboxylic acids is 2. The van der Waals surface area contributed by atoms with Crippen LogP contribution in [-0.4, -0.2) is 63.7 Å². The van der Waals surface area contributed by atoms with Gasteiger partial charge in [-0.25, -0.2) is 4.98 Å². The Morgan fingerprint density at radius 2 is 1.67 bits per heavy atom. The van der Waals surface area contributed by atoms with Gasteiger partial charge in [0.1, 0.15) is 6.26 Å². The number of nitrogens with zero attached hydrogens (tertiary/aromatic N) is 4. The maximum atomic E-state index is 12.9. The summed E-state index contributed by atoms with van der Waals surface area (Å²) in [7, 11) is 0. The van der Waals surface area contributed by atoms with Crippen LogP contribution in [0.15, 0.2) is 34.9 Å². The molecule has 0 aliphatic carbocycles. The molecule has 7 heteroatoms. The number of piperazine rings is 1. The maximum absolute atomic E-state index is 12.9. The van der Waals surface area contributed by atoms with Gasteiger partial charge in [0.15, 0.2) is 5.69 Å². The average molecular weight is 455 g/mol. The van der Waals surface area contributed by atoms with E-state index in [9.17, 15) is 9.59 Å². The number of hydrogen-bond acceptors (Lipinski definition) is 5. The SMILES string of the molecule is CCC(C)N(Cc1ccc(C(C)(C)C)cc1)Cc1nc(C(=O)N2CCN(C(C)=O)CC2)co1. The highest BCUT2D eigenvalue weighted by Crippen LogP contribution is 2.23. The molecule has 1 atom stereocenters. The molecule has 1 aliphatic heterocycles. The predicted molar refractivity (Wildman–Crippen MR) is 129 cm³/mol. The van der Waals surface area contributed by atoms with Crippen LogP contribution in [0.1, 0.15) is 75.5 Å². The summed E-state index contributed by atoms with van der Waals surface area (Å²) in [5.74, 6) is 0.456. The number of benzene rings is 1. The summed E-state index contributed by atoms with van der Waals surface area (Å²) in [6, 6.07) is 9.15. The number of hydrogen-bond donors (Lipinski definition) is 0. The lowest BCUT2D eigenvalue weighted by Gasteiger charge is -2.33. The zero-order valence-corrected chi connectivity index (χ0v) is 20.9. The Morgan fingerprint density at radius 3 is 2.21 bits per heavy atom. The Bertz CT molecular complexity index is 937. The molecule has 1 saturated heterocycles. The third-order valence-electron chi connectivity index (χ3n) is 6.54.